The van der Waals surface area contributed by atoms with Gasteiger partial charge in [-0.15, -0.1) is 0 Å². The van der Waals surface area contributed by atoms with E-state index in [1.165, 1.54) is 12.1 Å². The predicted octanol–water partition coefficient (Wildman–Crippen LogP) is 3.95. The molecule has 1 unspecified atom stereocenters. The Morgan fingerprint density at radius 1 is 1.24 bits per heavy atom. The molecule has 0 bridgehead atoms. The van der Waals surface area contributed by atoms with Gasteiger partial charge in [-0.1, -0.05) is 18.2 Å². The summed E-state index contributed by atoms with van der Waals surface area (Å²) in [4.78, 5) is 24.6. The molecule has 0 radical (unpaired) electrons. The van der Waals surface area contributed by atoms with Crippen LogP contribution in [0.5, 0.6) is 0 Å². The molecule has 4 rings (SSSR count). The smallest absolute Gasteiger partial charge is 0.337 e. The summed E-state index contributed by atoms with van der Waals surface area (Å²) < 4.78 is 11.3. The van der Waals surface area contributed by atoms with E-state index in [0.29, 0.717) is 41.0 Å². The van der Waals surface area contributed by atoms with Crippen LogP contribution in [-0.4, -0.2) is 36.5 Å². The normalized spacial score (nSPS) is 15.0. The number of carboxylic acids is 1. The number of para-hydroxylation sites is 1. The second-order valence-electron chi connectivity index (χ2n) is 8.07. The maximum atomic E-state index is 13.0. The zero-order chi connectivity index (χ0) is 23.5. The van der Waals surface area contributed by atoms with Crippen molar-refractivity contribution in [3.63, 3.8) is 0 Å². The Hall–Kier alpha value is -3.91. The van der Waals surface area contributed by atoms with Gasteiger partial charge in [0.05, 0.1) is 41.8 Å². The van der Waals surface area contributed by atoms with Crippen LogP contribution in [0.3, 0.4) is 0 Å². The summed E-state index contributed by atoms with van der Waals surface area (Å²) in [6.45, 7) is 4.95. The standard InChI is InChI=1S/C25H25N3O5/c1-14-7-19(15(2)28-21-6-4-3-5-18(21)25(30)31)24-20(8-14)22(29)9-23(33-24)16(10-26)11-27-17-12-32-13-17/h3-11,15,17,26-28H,12-13H2,1-2H3,(H,30,31)/b16-11+,26-10?. The summed E-state index contributed by atoms with van der Waals surface area (Å²) in [6.07, 6.45) is 2.79. The van der Waals surface area contributed by atoms with Gasteiger partial charge in [0, 0.05) is 29.7 Å². The van der Waals surface area contributed by atoms with Crippen molar-refractivity contribution in [1.82, 2.24) is 5.32 Å². The van der Waals surface area contributed by atoms with Gasteiger partial charge in [0.2, 0.25) is 0 Å². The highest BCUT2D eigenvalue weighted by Gasteiger charge is 2.20. The van der Waals surface area contributed by atoms with Crippen LogP contribution in [-0.2, 0) is 4.74 Å². The Morgan fingerprint density at radius 3 is 2.67 bits per heavy atom. The number of benzene rings is 2. The maximum Gasteiger partial charge on any atom is 0.337 e. The Morgan fingerprint density at radius 2 is 2.00 bits per heavy atom. The van der Waals surface area contributed by atoms with E-state index in [-0.39, 0.29) is 28.8 Å². The van der Waals surface area contributed by atoms with E-state index in [9.17, 15) is 14.7 Å². The lowest BCUT2D eigenvalue weighted by Crippen LogP contribution is -2.43. The molecule has 1 aromatic heterocycles. The molecule has 33 heavy (non-hydrogen) atoms. The third-order valence-corrected chi connectivity index (χ3v) is 5.55. The topological polar surface area (TPSA) is 125 Å². The van der Waals surface area contributed by atoms with Crippen molar-refractivity contribution in [2.45, 2.75) is 25.9 Å². The molecule has 3 aromatic rings. The van der Waals surface area contributed by atoms with Gasteiger partial charge in [0.15, 0.2) is 5.43 Å². The molecular formula is C25H25N3O5. The van der Waals surface area contributed by atoms with Crippen molar-refractivity contribution >= 4 is 34.4 Å². The minimum Gasteiger partial charge on any atom is -0.478 e. The Balaban J connectivity index is 1.77. The summed E-state index contributed by atoms with van der Waals surface area (Å²) in [5.74, 6) is -0.753. The zero-order valence-electron chi connectivity index (χ0n) is 18.3. The number of anilines is 1. The lowest BCUT2D eigenvalue weighted by molar-refractivity contribution is 0.000836. The molecule has 1 aliphatic rings. The van der Waals surface area contributed by atoms with E-state index in [1.54, 1.807) is 30.5 Å². The van der Waals surface area contributed by atoms with Gasteiger partial charge in [0.25, 0.3) is 0 Å². The van der Waals surface area contributed by atoms with E-state index in [1.807, 2.05) is 19.9 Å². The molecule has 2 heterocycles. The molecule has 0 aliphatic carbocycles. The molecule has 8 heteroatoms. The van der Waals surface area contributed by atoms with Crippen LogP contribution in [0.2, 0.25) is 0 Å². The van der Waals surface area contributed by atoms with Crippen LogP contribution >= 0.6 is 0 Å². The quantitative estimate of drug-likeness (QED) is 0.385. The van der Waals surface area contributed by atoms with Crippen LogP contribution in [0, 0.1) is 12.3 Å². The van der Waals surface area contributed by atoms with E-state index >= 15 is 0 Å². The number of aromatic carboxylic acids is 1. The number of fused-ring (bicyclic) bond motifs is 1. The third-order valence-electron chi connectivity index (χ3n) is 5.55. The monoisotopic (exact) mass is 447 g/mol. The number of carboxylic acid groups (broad SMARTS) is 1. The van der Waals surface area contributed by atoms with Crippen LogP contribution < -0.4 is 16.1 Å². The molecular weight excluding hydrogens is 422 g/mol. The van der Waals surface area contributed by atoms with Crippen LogP contribution in [0.1, 0.15) is 40.2 Å². The van der Waals surface area contributed by atoms with E-state index in [0.717, 1.165) is 11.8 Å². The van der Waals surface area contributed by atoms with E-state index < -0.39 is 5.97 Å². The number of aryl methyl sites for hydroxylation is 1. The molecule has 1 fully saturated rings. The van der Waals surface area contributed by atoms with Crippen LogP contribution in [0.25, 0.3) is 16.5 Å². The number of nitrogens with one attached hydrogen (secondary N) is 3. The number of hydrogen-bond donors (Lipinski definition) is 4. The maximum absolute atomic E-state index is 13.0. The number of carbonyl (C=O) groups is 1. The van der Waals surface area contributed by atoms with E-state index in [4.69, 9.17) is 14.6 Å². The first-order valence-corrected chi connectivity index (χ1v) is 10.6. The molecule has 0 saturated carbocycles. The molecule has 1 saturated heterocycles. The molecule has 170 valence electrons. The number of hydrogen-bond acceptors (Lipinski definition) is 7. The molecule has 0 spiro atoms. The fourth-order valence-corrected chi connectivity index (χ4v) is 3.73. The van der Waals surface area contributed by atoms with Crippen molar-refractivity contribution in [3.05, 3.63) is 81.3 Å². The minimum atomic E-state index is -1.03. The first-order chi connectivity index (χ1) is 15.9. The number of allylic oxidation sites excluding steroid dienone is 1. The summed E-state index contributed by atoms with van der Waals surface area (Å²) in [7, 11) is 0. The predicted molar refractivity (Wildman–Crippen MR) is 127 cm³/mol. The molecule has 8 nitrogen and oxygen atoms in total. The molecule has 2 aromatic carbocycles. The first-order valence-electron chi connectivity index (χ1n) is 10.6. The van der Waals surface area contributed by atoms with Gasteiger partial charge in [-0.2, -0.15) is 0 Å². The molecule has 0 amide bonds. The van der Waals surface area contributed by atoms with Gasteiger partial charge in [-0.25, -0.2) is 4.79 Å². The van der Waals surface area contributed by atoms with Crippen molar-refractivity contribution < 1.29 is 19.1 Å². The second-order valence-corrected chi connectivity index (χ2v) is 8.07. The minimum absolute atomic E-state index is 0.156. The highest BCUT2D eigenvalue weighted by Crippen LogP contribution is 2.30. The highest BCUT2D eigenvalue weighted by atomic mass is 16.5. The summed E-state index contributed by atoms with van der Waals surface area (Å²) in [5, 5.41) is 24.1. The van der Waals surface area contributed by atoms with Crippen molar-refractivity contribution in [1.29, 1.82) is 5.41 Å². The Bertz CT molecular complexity index is 1310. The Labute approximate surface area is 190 Å². The first kappa shape index (κ1) is 22.3. The van der Waals surface area contributed by atoms with E-state index in [2.05, 4.69) is 10.6 Å². The molecule has 4 N–H and O–H groups in total. The zero-order valence-corrected chi connectivity index (χ0v) is 18.3. The van der Waals surface area contributed by atoms with Crippen molar-refractivity contribution in [2.75, 3.05) is 18.5 Å². The van der Waals surface area contributed by atoms with Crippen LogP contribution in [0.4, 0.5) is 5.69 Å². The average molecular weight is 447 g/mol. The Kier molecular flexibility index (Phi) is 6.28. The third kappa shape index (κ3) is 4.65. The van der Waals surface area contributed by atoms with Gasteiger partial charge < -0.3 is 30.3 Å². The largest absolute Gasteiger partial charge is 0.478 e. The SMILES string of the molecule is Cc1cc(C(C)Nc2ccccc2C(=O)O)c2oc(/C(C=N)=C/NC3COC3)cc(=O)c2c1. The summed E-state index contributed by atoms with van der Waals surface area (Å²) >= 11 is 0. The van der Waals surface area contributed by atoms with Crippen molar-refractivity contribution in [3.8, 4) is 0 Å². The van der Waals surface area contributed by atoms with Crippen LogP contribution in [0.15, 0.2) is 57.9 Å². The number of rotatable bonds is 8. The second kappa shape index (κ2) is 9.30. The van der Waals surface area contributed by atoms with Crippen molar-refractivity contribution in [2.24, 2.45) is 0 Å². The average Bonchev–Trinajstić information content (AvgIpc) is 2.75. The van der Waals surface area contributed by atoms with Gasteiger partial charge in [-0.3, -0.25) is 4.79 Å². The molecule has 1 atom stereocenters. The summed E-state index contributed by atoms with van der Waals surface area (Å²) in [5.41, 5.74) is 2.84. The number of ether oxygens (including phenoxy) is 1. The fourth-order valence-electron chi connectivity index (χ4n) is 3.73. The lowest BCUT2D eigenvalue weighted by atomic mass is 10.00. The lowest BCUT2D eigenvalue weighted by Gasteiger charge is -2.26. The van der Waals surface area contributed by atoms with Gasteiger partial charge in [0.1, 0.15) is 11.3 Å². The van der Waals surface area contributed by atoms with Gasteiger partial charge >= 0.3 is 5.97 Å². The fraction of sp³-hybridized carbons (Fsp3) is 0.240. The van der Waals surface area contributed by atoms with Gasteiger partial charge in [-0.05, 0) is 37.6 Å². The summed E-state index contributed by atoms with van der Waals surface area (Å²) in [6, 6.07) is 11.5. The molecule has 1 aliphatic heterocycles. The highest BCUT2D eigenvalue weighted by molar-refractivity contribution is 6.07.